The first-order chi connectivity index (χ1) is 13.8. The van der Waals surface area contributed by atoms with Gasteiger partial charge in [0.25, 0.3) is 0 Å². The molecule has 1 aliphatic rings. The van der Waals surface area contributed by atoms with Gasteiger partial charge in [-0.3, -0.25) is 4.79 Å². The first-order valence-corrected chi connectivity index (χ1v) is 10.2. The van der Waals surface area contributed by atoms with Crippen molar-refractivity contribution in [2.45, 2.75) is 36.2 Å². The second kappa shape index (κ2) is 8.43. The Balaban J connectivity index is 1.60. The smallest absolute Gasteiger partial charge is 0.242 e. The number of carbonyl (C=O) groups is 1. The SMILES string of the molecule is CCOc1ccccc1NC(=O)[C@@H](Sc1nnnn1C1CC1)c1ccccc1. The first-order valence-electron chi connectivity index (χ1n) is 9.28. The van der Waals surface area contributed by atoms with E-state index in [1.165, 1.54) is 11.8 Å². The molecule has 3 aromatic rings. The molecule has 1 heterocycles. The third-order valence-corrected chi connectivity index (χ3v) is 5.57. The van der Waals surface area contributed by atoms with E-state index in [0.717, 1.165) is 18.4 Å². The lowest BCUT2D eigenvalue weighted by molar-refractivity contribution is -0.115. The zero-order valence-electron chi connectivity index (χ0n) is 15.5. The molecule has 1 aliphatic carbocycles. The summed E-state index contributed by atoms with van der Waals surface area (Å²) in [6.45, 7) is 2.44. The molecule has 0 bridgehead atoms. The number of thioether (sulfide) groups is 1. The molecule has 1 saturated carbocycles. The molecule has 2 aromatic carbocycles. The molecule has 1 fully saturated rings. The summed E-state index contributed by atoms with van der Waals surface area (Å²) >= 11 is 1.36. The van der Waals surface area contributed by atoms with Crippen molar-refractivity contribution in [1.29, 1.82) is 0 Å². The van der Waals surface area contributed by atoms with Crippen LogP contribution in [0.4, 0.5) is 5.69 Å². The summed E-state index contributed by atoms with van der Waals surface area (Å²) in [5.74, 6) is 0.506. The summed E-state index contributed by atoms with van der Waals surface area (Å²) in [5.41, 5.74) is 1.54. The van der Waals surface area contributed by atoms with Gasteiger partial charge in [0.2, 0.25) is 11.1 Å². The van der Waals surface area contributed by atoms with Gasteiger partial charge < -0.3 is 10.1 Å². The third-order valence-electron chi connectivity index (χ3n) is 4.36. The van der Waals surface area contributed by atoms with Crippen LogP contribution in [0.25, 0.3) is 0 Å². The van der Waals surface area contributed by atoms with Crippen LogP contribution in [-0.2, 0) is 4.79 Å². The Bertz CT molecular complexity index is 943. The molecule has 1 N–H and O–H groups in total. The van der Waals surface area contributed by atoms with Crippen molar-refractivity contribution in [3.05, 3.63) is 60.2 Å². The van der Waals surface area contributed by atoms with Gasteiger partial charge in [-0.25, -0.2) is 4.68 Å². The highest BCUT2D eigenvalue weighted by Crippen LogP contribution is 2.41. The van der Waals surface area contributed by atoms with Gasteiger partial charge in [-0.15, -0.1) is 5.10 Å². The zero-order chi connectivity index (χ0) is 19.3. The number of tetrazole rings is 1. The number of para-hydroxylation sites is 2. The number of nitrogens with zero attached hydrogens (tertiary/aromatic N) is 4. The predicted octanol–water partition coefficient (Wildman–Crippen LogP) is 3.88. The fourth-order valence-electron chi connectivity index (χ4n) is 2.87. The molecule has 0 saturated heterocycles. The molecule has 28 heavy (non-hydrogen) atoms. The number of carbonyl (C=O) groups excluding carboxylic acids is 1. The minimum absolute atomic E-state index is 0.145. The van der Waals surface area contributed by atoms with Crippen LogP contribution in [0.5, 0.6) is 5.75 Å². The van der Waals surface area contributed by atoms with E-state index in [1.807, 2.05) is 66.2 Å². The summed E-state index contributed by atoms with van der Waals surface area (Å²) in [7, 11) is 0. The fourth-order valence-corrected chi connectivity index (χ4v) is 3.91. The van der Waals surface area contributed by atoms with Crippen LogP contribution in [0.2, 0.25) is 0 Å². The number of ether oxygens (including phenoxy) is 1. The lowest BCUT2D eigenvalue weighted by atomic mass is 10.1. The first kappa shape index (κ1) is 18.5. The molecule has 1 atom stereocenters. The monoisotopic (exact) mass is 395 g/mol. The largest absolute Gasteiger partial charge is 0.492 e. The van der Waals surface area contributed by atoms with E-state index in [2.05, 4.69) is 20.8 Å². The number of hydrogen-bond donors (Lipinski definition) is 1. The van der Waals surface area contributed by atoms with E-state index < -0.39 is 5.25 Å². The molecular formula is C20H21N5O2S. The quantitative estimate of drug-likeness (QED) is 0.583. The number of amides is 1. The Morgan fingerprint density at radius 3 is 2.71 bits per heavy atom. The Morgan fingerprint density at radius 1 is 1.21 bits per heavy atom. The molecule has 7 nitrogen and oxygen atoms in total. The van der Waals surface area contributed by atoms with Gasteiger partial charge in [0.1, 0.15) is 11.0 Å². The second-order valence-corrected chi connectivity index (χ2v) is 7.54. The van der Waals surface area contributed by atoms with E-state index in [-0.39, 0.29) is 5.91 Å². The molecule has 4 rings (SSSR count). The zero-order valence-corrected chi connectivity index (χ0v) is 16.3. The van der Waals surface area contributed by atoms with Crippen molar-refractivity contribution in [2.75, 3.05) is 11.9 Å². The average Bonchev–Trinajstić information content (AvgIpc) is 3.46. The highest BCUT2D eigenvalue weighted by Gasteiger charge is 2.31. The maximum Gasteiger partial charge on any atom is 0.242 e. The summed E-state index contributed by atoms with van der Waals surface area (Å²) < 4.78 is 7.45. The van der Waals surface area contributed by atoms with Crippen LogP contribution < -0.4 is 10.1 Å². The van der Waals surface area contributed by atoms with Gasteiger partial charge >= 0.3 is 0 Å². The Kier molecular flexibility index (Phi) is 5.57. The number of anilines is 1. The predicted molar refractivity (Wildman–Crippen MR) is 107 cm³/mol. The molecule has 0 radical (unpaired) electrons. The normalized spacial score (nSPS) is 14.5. The van der Waals surface area contributed by atoms with Gasteiger partial charge in [-0.05, 0) is 47.9 Å². The van der Waals surface area contributed by atoms with Crippen LogP contribution in [0, 0.1) is 0 Å². The van der Waals surface area contributed by atoms with Gasteiger partial charge in [-0.1, -0.05) is 54.2 Å². The van der Waals surface area contributed by atoms with Gasteiger partial charge in [0.05, 0.1) is 18.3 Å². The molecule has 8 heteroatoms. The van der Waals surface area contributed by atoms with Crippen molar-refractivity contribution >= 4 is 23.4 Å². The Hall–Kier alpha value is -2.87. The number of rotatable bonds is 8. The number of hydrogen-bond acceptors (Lipinski definition) is 6. The van der Waals surface area contributed by atoms with E-state index in [1.54, 1.807) is 0 Å². The van der Waals surface area contributed by atoms with E-state index in [0.29, 0.717) is 29.2 Å². The highest BCUT2D eigenvalue weighted by molar-refractivity contribution is 8.00. The fraction of sp³-hybridized carbons (Fsp3) is 0.300. The highest BCUT2D eigenvalue weighted by atomic mass is 32.2. The Morgan fingerprint density at radius 2 is 1.96 bits per heavy atom. The molecule has 1 aromatic heterocycles. The molecule has 0 spiro atoms. The summed E-state index contributed by atoms with van der Waals surface area (Å²) in [5, 5.41) is 15.2. The van der Waals surface area contributed by atoms with E-state index in [9.17, 15) is 4.79 Å². The molecular weight excluding hydrogens is 374 g/mol. The van der Waals surface area contributed by atoms with E-state index in [4.69, 9.17) is 4.74 Å². The number of nitrogens with one attached hydrogen (secondary N) is 1. The third kappa shape index (κ3) is 4.17. The second-order valence-electron chi connectivity index (χ2n) is 6.46. The van der Waals surface area contributed by atoms with Gasteiger partial charge in [-0.2, -0.15) is 0 Å². The van der Waals surface area contributed by atoms with Gasteiger partial charge in [0.15, 0.2) is 0 Å². The maximum atomic E-state index is 13.2. The van der Waals surface area contributed by atoms with E-state index >= 15 is 0 Å². The summed E-state index contributed by atoms with van der Waals surface area (Å²) in [6.07, 6.45) is 2.14. The number of aromatic nitrogens is 4. The van der Waals surface area contributed by atoms with Crippen LogP contribution in [-0.4, -0.2) is 32.7 Å². The minimum Gasteiger partial charge on any atom is -0.492 e. The minimum atomic E-state index is -0.487. The summed E-state index contributed by atoms with van der Waals surface area (Å²) in [6, 6.07) is 17.4. The van der Waals surface area contributed by atoms with Crippen molar-refractivity contribution in [1.82, 2.24) is 20.2 Å². The molecule has 144 valence electrons. The van der Waals surface area contributed by atoms with Crippen molar-refractivity contribution in [3.8, 4) is 5.75 Å². The lowest BCUT2D eigenvalue weighted by Crippen LogP contribution is -2.20. The standard InChI is InChI=1S/C20H21N5O2S/c1-2-27-17-11-7-6-10-16(17)21-19(26)18(14-8-4-3-5-9-14)28-20-22-23-24-25(20)15-12-13-15/h3-11,15,18H,2,12-13H2,1H3,(H,21,26)/t18-/m0/s1. The van der Waals surface area contributed by atoms with Crippen LogP contribution >= 0.6 is 11.8 Å². The Labute approximate surface area is 167 Å². The van der Waals surface area contributed by atoms with Crippen LogP contribution in [0.1, 0.15) is 36.6 Å². The van der Waals surface area contributed by atoms with Crippen LogP contribution in [0.3, 0.4) is 0 Å². The summed E-state index contributed by atoms with van der Waals surface area (Å²) in [4.78, 5) is 13.2. The van der Waals surface area contributed by atoms with Crippen LogP contribution in [0.15, 0.2) is 59.8 Å². The number of benzene rings is 2. The van der Waals surface area contributed by atoms with Crippen molar-refractivity contribution in [3.63, 3.8) is 0 Å². The molecule has 0 aliphatic heterocycles. The maximum absolute atomic E-state index is 13.2. The topological polar surface area (TPSA) is 81.9 Å². The molecule has 1 amide bonds. The lowest BCUT2D eigenvalue weighted by Gasteiger charge is -2.18. The van der Waals surface area contributed by atoms with Crippen molar-refractivity contribution in [2.24, 2.45) is 0 Å². The average molecular weight is 395 g/mol. The van der Waals surface area contributed by atoms with Crippen molar-refractivity contribution < 1.29 is 9.53 Å². The molecule has 0 unspecified atom stereocenters. The van der Waals surface area contributed by atoms with Gasteiger partial charge in [0, 0.05) is 0 Å².